The predicted molar refractivity (Wildman–Crippen MR) is 103 cm³/mol. The quantitative estimate of drug-likeness (QED) is 0.771. The van der Waals surface area contributed by atoms with Crippen LogP contribution in [0.2, 0.25) is 0 Å². The first-order chi connectivity index (χ1) is 12.4. The minimum Gasteiger partial charge on any atom is -0.497 e. The van der Waals surface area contributed by atoms with Gasteiger partial charge < -0.3 is 15.0 Å². The molecule has 1 saturated heterocycles. The van der Waals surface area contributed by atoms with Crippen molar-refractivity contribution in [1.29, 1.82) is 0 Å². The molecule has 0 saturated carbocycles. The molecule has 2 rings (SSSR count). The number of nitrogens with zero attached hydrogens (tertiary/aromatic N) is 1. The number of amides is 2. The van der Waals surface area contributed by atoms with E-state index in [1.165, 1.54) is 0 Å². The number of rotatable bonds is 8. The number of carbonyl (C=O) groups is 2. The third-order valence-corrected chi connectivity index (χ3v) is 5.35. The highest BCUT2D eigenvalue weighted by Gasteiger charge is 2.44. The molecular formula is C21H32N2O3. The van der Waals surface area contributed by atoms with E-state index in [1.54, 1.807) is 7.11 Å². The highest BCUT2D eigenvalue weighted by Crippen LogP contribution is 2.39. The molecule has 3 unspecified atom stereocenters. The molecule has 1 aliphatic heterocycles. The van der Waals surface area contributed by atoms with E-state index < -0.39 is 0 Å². The molecule has 0 aliphatic carbocycles. The number of hydrogen-bond acceptors (Lipinski definition) is 3. The lowest BCUT2D eigenvalue weighted by atomic mass is 9.92. The van der Waals surface area contributed by atoms with E-state index in [0.717, 1.165) is 24.2 Å². The summed E-state index contributed by atoms with van der Waals surface area (Å²) in [5.41, 5.74) is 0.991. The number of unbranched alkanes of at least 4 members (excludes halogenated alkanes) is 1. The average molecular weight is 360 g/mol. The highest BCUT2D eigenvalue weighted by atomic mass is 16.5. The van der Waals surface area contributed by atoms with E-state index in [2.05, 4.69) is 26.1 Å². The topological polar surface area (TPSA) is 58.6 Å². The lowest BCUT2D eigenvalue weighted by Crippen LogP contribution is -2.42. The zero-order chi connectivity index (χ0) is 19.3. The van der Waals surface area contributed by atoms with Gasteiger partial charge in [0.05, 0.1) is 19.1 Å². The van der Waals surface area contributed by atoms with Gasteiger partial charge in [-0.25, -0.2) is 0 Å². The summed E-state index contributed by atoms with van der Waals surface area (Å²) in [6.07, 6.45) is 2.23. The zero-order valence-corrected chi connectivity index (χ0v) is 16.6. The monoisotopic (exact) mass is 360 g/mol. The number of nitrogens with one attached hydrogen (secondary N) is 1. The van der Waals surface area contributed by atoms with Gasteiger partial charge >= 0.3 is 0 Å². The Morgan fingerprint density at radius 3 is 2.46 bits per heavy atom. The lowest BCUT2D eigenvalue weighted by molar-refractivity contribution is -0.129. The van der Waals surface area contributed by atoms with Gasteiger partial charge in [-0.1, -0.05) is 39.3 Å². The third-order valence-electron chi connectivity index (χ3n) is 5.35. The molecule has 1 N–H and O–H groups in total. The number of hydrogen-bond donors (Lipinski definition) is 1. The molecule has 26 heavy (non-hydrogen) atoms. The average Bonchev–Trinajstić information content (AvgIpc) is 2.96. The second-order valence-electron chi connectivity index (χ2n) is 7.51. The van der Waals surface area contributed by atoms with Crippen LogP contribution in [0.4, 0.5) is 0 Å². The lowest BCUT2D eigenvalue weighted by Gasteiger charge is -2.29. The minimum absolute atomic E-state index is 0.0284. The second kappa shape index (κ2) is 9.06. The van der Waals surface area contributed by atoms with Crippen molar-refractivity contribution >= 4 is 11.8 Å². The van der Waals surface area contributed by atoms with Crippen LogP contribution in [0.1, 0.15) is 58.6 Å². The van der Waals surface area contributed by atoms with Gasteiger partial charge in [-0.2, -0.15) is 0 Å². The Bertz CT molecular complexity index is 612. The fraction of sp³-hybridized carbons (Fsp3) is 0.619. The number of carbonyl (C=O) groups excluding carboxylic acids is 2. The maximum Gasteiger partial charge on any atom is 0.226 e. The summed E-state index contributed by atoms with van der Waals surface area (Å²) < 4.78 is 5.24. The SMILES string of the molecule is CCCCN1C(=O)CC(C(=O)NC(C)C(C)C)C1c1ccc(OC)cc1. The van der Waals surface area contributed by atoms with Crippen LogP contribution in [0.25, 0.3) is 0 Å². The van der Waals surface area contributed by atoms with Gasteiger partial charge in [0, 0.05) is 19.0 Å². The van der Waals surface area contributed by atoms with Crippen LogP contribution in [-0.2, 0) is 9.59 Å². The summed E-state index contributed by atoms with van der Waals surface area (Å²) in [4.78, 5) is 27.4. The van der Waals surface area contributed by atoms with E-state index in [0.29, 0.717) is 12.5 Å². The second-order valence-corrected chi connectivity index (χ2v) is 7.51. The number of likely N-dealkylation sites (tertiary alicyclic amines) is 1. The fourth-order valence-corrected chi connectivity index (χ4v) is 3.33. The van der Waals surface area contributed by atoms with E-state index >= 15 is 0 Å². The molecule has 1 aliphatic rings. The molecule has 1 aromatic rings. The van der Waals surface area contributed by atoms with Crippen LogP contribution >= 0.6 is 0 Å². The van der Waals surface area contributed by atoms with Crippen molar-refractivity contribution in [2.45, 2.75) is 59.0 Å². The first kappa shape index (κ1) is 20.3. The summed E-state index contributed by atoms with van der Waals surface area (Å²) in [5, 5.41) is 3.10. The number of methoxy groups -OCH3 is 1. The van der Waals surface area contributed by atoms with Gasteiger partial charge in [0.1, 0.15) is 5.75 Å². The van der Waals surface area contributed by atoms with Gasteiger partial charge in [0.2, 0.25) is 11.8 Å². The molecule has 3 atom stereocenters. The summed E-state index contributed by atoms with van der Waals surface area (Å²) in [6, 6.07) is 7.59. The summed E-state index contributed by atoms with van der Waals surface area (Å²) in [5.74, 6) is 0.809. The number of benzene rings is 1. The first-order valence-electron chi connectivity index (χ1n) is 9.62. The molecule has 5 nitrogen and oxygen atoms in total. The molecule has 0 spiro atoms. The van der Waals surface area contributed by atoms with Gasteiger partial charge in [-0.05, 0) is 37.0 Å². The normalized spacial score (nSPS) is 21.2. The highest BCUT2D eigenvalue weighted by molar-refractivity contribution is 5.90. The third kappa shape index (κ3) is 4.57. The molecule has 0 aromatic heterocycles. The smallest absolute Gasteiger partial charge is 0.226 e. The predicted octanol–water partition coefficient (Wildman–Crippen LogP) is 3.55. The molecule has 144 valence electrons. The van der Waals surface area contributed by atoms with Crippen LogP contribution in [0.15, 0.2) is 24.3 Å². The standard InChI is InChI=1S/C21H32N2O3/c1-6-7-12-23-19(24)13-18(21(25)22-15(4)14(2)3)20(23)16-8-10-17(26-5)11-9-16/h8-11,14-15,18,20H,6-7,12-13H2,1-5H3,(H,22,25). The van der Waals surface area contributed by atoms with Crippen LogP contribution in [0, 0.1) is 11.8 Å². The van der Waals surface area contributed by atoms with Crippen molar-refractivity contribution in [3.63, 3.8) is 0 Å². The number of ether oxygens (including phenoxy) is 1. The summed E-state index contributed by atoms with van der Waals surface area (Å²) in [6.45, 7) is 8.97. The van der Waals surface area contributed by atoms with E-state index in [1.807, 2.05) is 36.1 Å². The van der Waals surface area contributed by atoms with Gasteiger partial charge in [0.15, 0.2) is 0 Å². The molecular weight excluding hydrogens is 328 g/mol. The van der Waals surface area contributed by atoms with Crippen LogP contribution in [0.5, 0.6) is 5.75 Å². The summed E-state index contributed by atoms with van der Waals surface area (Å²) in [7, 11) is 1.63. The van der Waals surface area contributed by atoms with Crippen molar-refractivity contribution < 1.29 is 14.3 Å². The van der Waals surface area contributed by atoms with Gasteiger partial charge in [-0.15, -0.1) is 0 Å². The fourth-order valence-electron chi connectivity index (χ4n) is 3.33. The molecule has 5 heteroatoms. The van der Waals surface area contributed by atoms with Crippen molar-refractivity contribution in [2.75, 3.05) is 13.7 Å². The molecule has 1 heterocycles. The first-order valence-corrected chi connectivity index (χ1v) is 9.62. The Hall–Kier alpha value is -2.04. The minimum atomic E-state index is -0.353. The maximum atomic E-state index is 12.9. The van der Waals surface area contributed by atoms with Crippen LogP contribution in [-0.4, -0.2) is 36.4 Å². The van der Waals surface area contributed by atoms with Gasteiger partial charge in [-0.3, -0.25) is 9.59 Å². The zero-order valence-electron chi connectivity index (χ0n) is 16.6. The Morgan fingerprint density at radius 1 is 1.27 bits per heavy atom. The summed E-state index contributed by atoms with van der Waals surface area (Å²) >= 11 is 0. The van der Waals surface area contributed by atoms with E-state index in [-0.39, 0.29) is 36.2 Å². The molecule has 2 amide bonds. The molecule has 1 fully saturated rings. The Morgan fingerprint density at radius 2 is 1.92 bits per heavy atom. The van der Waals surface area contributed by atoms with E-state index in [9.17, 15) is 9.59 Å². The van der Waals surface area contributed by atoms with Crippen molar-refractivity contribution in [1.82, 2.24) is 10.2 Å². The van der Waals surface area contributed by atoms with Crippen molar-refractivity contribution in [3.05, 3.63) is 29.8 Å². The Balaban J connectivity index is 2.29. The molecule has 0 radical (unpaired) electrons. The molecule has 0 bridgehead atoms. The van der Waals surface area contributed by atoms with Crippen LogP contribution in [0.3, 0.4) is 0 Å². The van der Waals surface area contributed by atoms with Crippen molar-refractivity contribution in [3.8, 4) is 5.75 Å². The largest absolute Gasteiger partial charge is 0.497 e. The van der Waals surface area contributed by atoms with E-state index in [4.69, 9.17) is 4.74 Å². The Labute approximate surface area is 157 Å². The Kier molecular flexibility index (Phi) is 7.06. The van der Waals surface area contributed by atoms with Crippen molar-refractivity contribution in [2.24, 2.45) is 11.8 Å². The van der Waals surface area contributed by atoms with Crippen LogP contribution < -0.4 is 10.1 Å². The maximum absolute atomic E-state index is 12.9. The molecule has 1 aromatic carbocycles. The van der Waals surface area contributed by atoms with Gasteiger partial charge in [0.25, 0.3) is 0 Å².